The molecule has 2 bridgehead atoms. The molecular formula is C10H17B. The van der Waals surface area contributed by atoms with Crippen molar-refractivity contribution in [2.75, 3.05) is 0 Å². The Morgan fingerprint density at radius 1 is 1.27 bits per heavy atom. The highest BCUT2D eigenvalue weighted by atomic mass is 14.6. The minimum atomic E-state index is 0.492. The molecule has 0 unspecified atom stereocenters. The summed E-state index contributed by atoms with van der Waals surface area (Å²) in [5, 5.41) is 0. The molecule has 3 fully saturated rings. The Labute approximate surface area is 71.2 Å². The molecule has 0 N–H and O–H groups in total. The van der Waals surface area contributed by atoms with Gasteiger partial charge in [-0.2, -0.15) is 0 Å². The molecule has 11 heavy (non-hydrogen) atoms. The molecule has 0 saturated heterocycles. The van der Waals surface area contributed by atoms with Crippen LogP contribution in [0.25, 0.3) is 0 Å². The Morgan fingerprint density at radius 3 is 2.27 bits per heavy atom. The van der Waals surface area contributed by atoms with Crippen LogP contribution in [0.15, 0.2) is 0 Å². The second-order valence-electron chi connectivity index (χ2n) is 5.12. The first-order chi connectivity index (χ1) is 5.03. The van der Waals surface area contributed by atoms with Crippen LogP contribution in [0.5, 0.6) is 0 Å². The fraction of sp³-hybridized carbons (Fsp3) is 1.00. The summed E-state index contributed by atoms with van der Waals surface area (Å²) in [6.07, 6.45) is 2.71. The van der Waals surface area contributed by atoms with Crippen molar-refractivity contribution < 1.29 is 0 Å². The number of hydrogen-bond acceptors (Lipinski definition) is 0. The summed E-state index contributed by atoms with van der Waals surface area (Å²) in [7, 11) is 6.02. The molecule has 2 radical (unpaired) electrons. The number of hydrogen-bond donors (Lipinski definition) is 0. The largest absolute Gasteiger partial charge is 0.0743 e. The van der Waals surface area contributed by atoms with Crippen LogP contribution in [0.1, 0.15) is 33.6 Å². The van der Waals surface area contributed by atoms with Gasteiger partial charge < -0.3 is 0 Å². The van der Waals surface area contributed by atoms with Gasteiger partial charge in [0.05, 0.1) is 7.85 Å². The molecule has 0 aromatic heterocycles. The van der Waals surface area contributed by atoms with E-state index in [2.05, 4.69) is 20.8 Å². The molecule has 0 spiro atoms. The lowest BCUT2D eigenvalue weighted by atomic mass is 9.41. The van der Waals surface area contributed by atoms with Gasteiger partial charge in [-0.05, 0) is 29.6 Å². The van der Waals surface area contributed by atoms with E-state index in [1.165, 1.54) is 12.8 Å². The van der Waals surface area contributed by atoms with Gasteiger partial charge >= 0.3 is 0 Å². The van der Waals surface area contributed by atoms with E-state index in [-0.39, 0.29) is 0 Å². The van der Waals surface area contributed by atoms with E-state index in [0.29, 0.717) is 11.2 Å². The maximum atomic E-state index is 6.02. The van der Waals surface area contributed by atoms with Crippen LogP contribution >= 0.6 is 0 Å². The van der Waals surface area contributed by atoms with Crippen molar-refractivity contribution in [3.8, 4) is 0 Å². The van der Waals surface area contributed by atoms with Crippen LogP contribution in [-0.4, -0.2) is 7.85 Å². The highest BCUT2D eigenvalue weighted by Gasteiger charge is 2.54. The Morgan fingerprint density at radius 2 is 1.91 bits per heavy atom. The molecule has 3 rings (SSSR count). The van der Waals surface area contributed by atoms with Crippen molar-refractivity contribution >= 4 is 7.85 Å². The third kappa shape index (κ3) is 0.831. The summed E-state index contributed by atoms with van der Waals surface area (Å²) in [4.78, 5) is 0. The molecule has 4 atom stereocenters. The van der Waals surface area contributed by atoms with Gasteiger partial charge in [-0.25, -0.2) is 0 Å². The van der Waals surface area contributed by atoms with Gasteiger partial charge in [-0.1, -0.05) is 33.0 Å². The standard InChI is InChI=1S/C10H17B/c1-6-8-4-7(5-9(6)11)10(8,2)3/h6-9H,4-5H2,1-3H3/t6-,7-,8-,9+/m0/s1. The monoisotopic (exact) mass is 148 g/mol. The van der Waals surface area contributed by atoms with Crippen molar-refractivity contribution in [3.05, 3.63) is 0 Å². The van der Waals surface area contributed by atoms with Crippen LogP contribution < -0.4 is 0 Å². The Hall–Kier alpha value is 0.0649. The van der Waals surface area contributed by atoms with E-state index >= 15 is 0 Å². The van der Waals surface area contributed by atoms with Gasteiger partial charge in [0.15, 0.2) is 0 Å². The third-order valence-corrected chi connectivity index (χ3v) is 4.41. The van der Waals surface area contributed by atoms with Crippen molar-refractivity contribution in [2.24, 2.45) is 23.2 Å². The zero-order valence-electron chi connectivity index (χ0n) is 7.80. The molecule has 60 valence electrons. The van der Waals surface area contributed by atoms with Crippen LogP contribution in [0, 0.1) is 23.2 Å². The summed E-state index contributed by atoms with van der Waals surface area (Å²) in [5.74, 6) is 3.09. The highest BCUT2D eigenvalue weighted by molar-refractivity contribution is 6.12. The minimum absolute atomic E-state index is 0.492. The predicted molar refractivity (Wildman–Crippen MR) is 48.7 cm³/mol. The van der Waals surface area contributed by atoms with Gasteiger partial charge in [0.1, 0.15) is 0 Å². The molecule has 0 amide bonds. The molecule has 0 nitrogen and oxygen atoms in total. The van der Waals surface area contributed by atoms with Gasteiger partial charge in [0, 0.05) is 0 Å². The van der Waals surface area contributed by atoms with Gasteiger partial charge in [-0.15, -0.1) is 0 Å². The Bertz CT molecular complexity index is 174. The lowest BCUT2D eigenvalue weighted by Crippen LogP contribution is -2.53. The average Bonchev–Trinajstić information content (AvgIpc) is 1.93. The summed E-state index contributed by atoms with van der Waals surface area (Å²) >= 11 is 0. The maximum Gasteiger partial charge on any atom is 0.0703 e. The SMILES string of the molecule is [B][C@@H]1C[C@@H]2C[C@@H]([C@@H]1C)C2(C)C. The Balaban J connectivity index is 2.17. The normalized spacial score (nSPS) is 53.4. The molecule has 3 saturated carbocycles. The van der Waals surface area contributed by atoms with E-state index < -0.39 is 0 Å². The van der Waals surface area contributed by atoms with E-state index in [1.54, 1.807) is 0 Å². The molecule has 0 heterocycles. The number of rotatable bonds is 0. The van der Waals surface area contributed by atoms with Gasteiger partial charge in [-0.3, -0.25) is 0 Å². The fourth-order valence-corrected chi connectivity index (χ4v) is 3.19. The molecular weight excluding hydrogens is 131 g/mol. The quantitative estimate of drug-likeness (QED) is 0.463. The Kier molecular flexibility index (Phi) is 1.44. The number of fused-ring (bicyclic) bond motifs is 2. The van der Waals surface area contributed by atoms with Crippen molar-refractivity contribution in [2.45, 2.75) is 39.4 Å². The van der Waals surface area contributed by atoms with Crippen LogP contribution in [0.4, 0.5) is 0 Å². The predicted octanol–water partition coefficient (Wildman–Crippen LogP) is 2.65. The first-order valence-electron chi connectivity index (χ1n) is 4.79. The second-order valence-corrected chi connectivity index (χ2v) is 5.12. The van der Waals surface area contributed by atoms with Crippen molar-refractivity contribution in [1.29, 1.82) is 0 Å². The smallest absolute Gasteiger partial charge is 0.0703 e. The first-order valence-corrected chi connectivity index (χ1v) is 4.79. The molecule has 0 aromatic rings. The van der Waals surface area contributed by atoms with E-state index in [4.69, 9.17) is 7.85 Å². The van der Waals surface area contributed by atoms with Crippen molar-refractivity contribution in [3.63, 3.8) is 0 Å². The molecule has 3 aliphatic rings. The third-order valence-electron chi connectivity index (χ3n) is 4.41. The van der Waals surface area contributed by atoms with Crippen molar-refractivity contribution in [1.82, 2.24) is 0 Å². The molecule has 0 aliphatic heterocycles. The topological polar surface area (TPSA) is 0 Å². The molecule has 3 aliphatic carbocycles. The summed E-state index contributed by atoms with van der Waals surface area (Å²) < 4.78 is 0. The lowest BCUT2D eigenvalue weighted by Gasteiger charge is -2.62. The second kappa shape index (κ2) is 2.05. The lowest BCUT2D eigenvalue weighted by molar-refractivity contribution is -0.0979. The minimum Gasteiger partial charge on any atom is -0.0743 e. The van der Waals surface area contributed by atoms with Crippen LogP contribution in [0.3, 0.4) is 0 Å². The van der Waals surface area contributed by atoms with E-state index in [9.17, 15) is 0 Å². The summed E-state index contributed by atoms with van der Waals surface area (Å²) in [6.45, 7) is 7.15. The van der Waals surface area contributed by atoms with Crippen LogP contribution in [-0.2, 0) is 0 Å². The van der Waals surface area contributed by atoms with E-state index in [1.807, 2.05) is 0 Å². The molecule has 1 heteroatoms. The van der Waals surface area contributed by atoms with E-state index in [0.717, 1.165) is 17.8 Å². The summed E-state index contributed by atoms with van der Waals surface area (Å²) in [6, 6.07) is 0. The maximum absolute atomic E-state index is 6.02. The first kappa shape index (κ1) is 7.70. The zero-order chi connectivity index (χ0) is 8.22. The zero-order valence-corrected chi connectivity index (χ0v) is 7.80. The van der Waals surface area contributed by atoms with Gasteiger partial charge in [0.2, 0.25) is 0 Å². The highest BCUT2D eigenvalue weighted by Crippen LogP contribution is 2.63. The summed E-state index contributed by atoms with van der Waals surface area (Å²) in [5.41, 5.74) is 0.606. The average molecular weight is 148 g/mol. The van der Waals surface area contributed by atoms with Gasteiger partial charge in [0.25, 0.3) is 0 Å². The fourth-order valence-electron chi connectivity index (χ4n) is 3.19. The molecule has 0 aromatic carbocycles. The van der Waals surface area contributed by atoms with Crippen LogP contribution in [0.2, 0.25) is 5.82 Å².